The van der Waals surface area contributed by atoms with E-state index in [0.717, 1.165) is 26.1 Å². The number of anilines is 2. The number of pyridine rings is 1. The van der Waals surface area contributed by atoms with E-state index in [9.17, 15) is 13.6 Å². The van der Waals surface area contributed by atoms with Crippen molar-refractivity contribution in [3.8, 4) is 11.1 Å². The first-order valence-corrected chi connectivity index (χ1v) is 12.8. The molecule has 0 aliphatic carbocycles. The van der Waals surface area contributed by atoms with Gasteiger partial charge in [-0.25, -0.2) is 23.7 Å². The molecular formula is C26H29F2IN6O. The Labute approximate surface area is 223 Å². The Kier molecular flexibility index (Phi) is 7.72. The highest BCUT2D eigenvalue weighted by Gasteiger charge is 2.39. The van der Waals surface area contributed by atoms with Gasteiger partial charge in [0.15, 0.2) is 5.82 Å². The van der Waals surface area contributed by atoms with Crippen molar-refractivity contribution in [1.82, 2.24) is 19.9 Å². The Morgan fingerprint density at radius 2 is 1.89 bits per heavy atom. The van der Waals surface area contributed by atoms with E-state index in [2.05, 4.69) is 42.9 Å². The van der Waals surface area contributed by atoms with Gasteiger partial charge in [0.2, 0.25) is 0 Å². The zero-order valence-electron chi connectivity index (χ0n) is 20.7. The number of rotatable bonds is 7. The molecule has 1 aliphatic heterocycles. The maximum atomic E-state index is 14.1. The van der Waals surface area contributed by atoms with Crippen LogP contribution < -0.4 is 10.2 Å². The maximum absolute atomic E-state index is 14.1. The molecule has 3 aromatic rings. The van der Waals surface area contributed by atoms with Crippen LogP contribution in [-0.4, -0.2) is 58.9 Å². The lowest BCUT2D eigenvalue weighted by Crippen LogP contribution is -2.26. The van der Waals surface area contributed by atoms with Crippen molar-refractivity contribution in [1.29, 1.82) is 0 Å². The minimum absolute atomic E-state index is 0.113. The normalized spacial score (nSPS) is 14.8. The monoisotopic (exact) mass is 606 g/mol. The molecule has 0 radical (unpaired) electrons. The topological polar surface area (TPSA) is 74.2 Å². The average Bonchev–Trinajstić information content (AvgIpc) is 3.22. The Morgan fingerprint density at radius 3 is 2.50 bits per heavy atom. The van der Waals surface area contributed by atoms with Crippen LogP contribution in [0.4, 0.5) is 20.3 Å². The van der Waals surface area contributed by atoms with Gasteiger partial charge in [-0.3, -0.25) is 4.79 Å². The summed E-state index contributed by atoms with van der Waals surface area (Å²) in [6, 6.07) is 7.36. The molecule has 0 spiro atoms. The molecule has 0 saturated carbocycles. The van der Waals surface area contributed by atoms with Crippen molar-refractivity contribution < 1.29 is 13.6 Å². The number of hydrogen-bond donors (Lipinski definition) is 1. The van der Waals surface area contributed by atoms with Gasteiger partial charge in [-0.1, -0.05) is 13.8 Å². The molecule has 0 bridgehead atoms. The fourth-order valence-electron chi connectivity index (χ4n) is 4.07. The van der Waals surface area contributed by atoms with Crippen molar-refractivity contribution in [2.75, 3.05) is 37.4 Å². The molecule has 36 heavy (non-hydrogen) atoms. The van der Waals surface area contributed by atoms with Gasteiger partial charge in [0.1, 0.15) is 5.82 Å². The van der Waals surface area contributed by atoms with Gasteiger partial charge in [-0.05, 0) is 52.4 Å². The van der Waals surface area contributed by atoms with Gasteiger partial charge >= 0.3 is 0 Å². The smallest absolute Gasteiger partial charge is 0.266 e. The van der Waals surface area contributed by atoms with Crippen LogP contribution in [0.3, 0.4) is 0 Å². The minimum Gasteiger partial charge on any atom is -0.377 e. The lowest BCUT2D eigenvalue weighted by Gasteiger charge is -2.24. The summed E-state index contributed by atoms with van der Waals surface area (Å²) in [5.41, 5.74) is 3.65. The number of halogens is 3. The van der Waals surface area contributed by atoms with Crippen LogP contribution in [0.5, 0.6) is 0 Å². The highest BCUT2D eigenvalue weighted by Crippen LogP contribution is 2.40. The predicted molar refractivity (Wildman–Crippen MR) is 146 cm³/mol. The fraction of sp³-hybridized carbons (Fsp3) is 0.385. The SMILES string of the molecule is CC(C)c1ncc(CNc2c(-c3cc(C(=O)N(C)C)ccc3I)ccnc2N2CCC(F)(F)C2)cn1. The van der Waals surface area contributed by atoms with Crippen molar-refractivity contribution >= 4 is 40.0 Å². The van der Waals surface area contributed by atoms with Crippen molar-refractivity contribution in [3.05, 3.63) is 63.4 Å². The second-order valence-electron chi connectivity index (χ2n) is 9.44. The van der Waals surface area contributed by atoms with Gasteiger partial charge in [0, 0.05) is 78.4 Å². The molecule has 3 heterocycles. The molecule has 1 fully saturated rings. The van der Waals surface area contributed by atoms with E-state index in [1.54, 1.807) is 43.7 Å². The van der Waals surface area contributed by atoms with Crippen LogP contribution in [0.2, 0.25) is 0 Å². The van der Waals surface area contributed by atoms with E-state index in [1.165, 1.54) is 4.90 Å². The number of benzene rings is 1. The molecule has 0 atom stereocenters. The molecule has 2 aromatic heterocycles. The Morgan fingerprint density at radius 1 is 1.17 bits per heavy atom. The van der Waals surface area contributed by atoms with Gasteiger partial charge in [-0.15, -0.1) is 0 Å². The first-order valence-electron chi connectivity index (χ1n) is 11.7. The van der Waals surface area contributed by atoms with E-state index < -0.39 is 5.92 Å². The quantitative estimate of drug-likeness (QED) is 0.362. The van der Waals surface area contributed by atoms with Crippen molar-refractivity contribution in [2.24, 2.45) is 0 Å². The number of nitrogens with zero attached hydrogens (tertiary/aromatic N) is 5. The lowest BCUT2D eigenvalue weighted by atomic mass is 10.0. The van der Waals surface area contributed by atoms with E-state index >= 15 is 0 Å². The van der Waals surface area contributed by atoms with E-state index in [1.807, 2.05) is 32.0 Å². The largest absolute Gasteiger partial charge is 0.377 e. The molecule has 1 amide bonds. The number of nitrogens with one attached hydrogen (secondary N) is 1. The average molecular weight is 606 g/mol. The van der Waals surface area contributed by atoms with Crippen molar-refractivity contribution in [2.45, 2.75) is 38.7 Å². The summed E-state index contributed by atoms with van der Waals surface area (Å²) in [6.45, 7) is 4.27. The van der Waals surface area contributed by atoms with Gasteiger partial charge < -0.3 is 15.1 Å². The first-order chi connectivity index (χ1) is 17.1. The second kappa shape index (κ2) is 10.6. The molecular weight excluding hydrogens is 577 g/mol. The van der Waals surface area contributed by atoms with E-state index in [4.69, 9.17) is 0 Å². The number of alkyl halides is 2. The van der Waals surface area contributed by atoms with Crippen LogP contribution in [0.15, 0.2) is 42.9 Å². The van der Waals surface area contributed by atoms with Crippen LogP contribution in [0, 0.1) is 3.57 Å². The summed E-state index contributed by atoms with van der Waals surface area (Å²) in [6.07, 6.45) is 4.96. The molecule has 1 aromatic carbocycles. The lowest BCUT2D eigenvalue weighted by molar-refractivity contribution is 0.0256. The van der Waals surface area contributed by atoms with Crippen LogP contribution in [0.1, 0.15) is 47.9 Å². The number of hydrogen-bond acceptors (Lipinski definition) is 6. The molecule has 0 unspecified atom stereocenters. The molecule has 1 N–H and O–H groups in total. The van der Waals surface area contributed by atoms with Crippen LogP contribution in [0.25, 0.3) is 11.1 Å². The fourth-order valence-corrected chi connectivity index (χ4v) is 4.70. The maximum Gasteiger partial charge on any atom is 0.266 e. The molecule has 190 valence electrons. The van der Waals surface area contributed by atoms with Crippen LogP contribution in [-0.2, 0) is 6.54 Å². The Balaban J connectivity index is 1.76. The predicted octanol–water partition coefficient (Wildman–Crippen LogP) is 5.43. The Hall–Kier alpha value is -2.89. The van der Waals surface area contributed by atoms with E-state index in [0.29, 0.717) is 23.6 Å². The third-order valence-electron chi connectivity index (χ3n) is 6.02. The van der Waals surface area contributed by atoms with Crippen LogP contribution >= 0.6 is 22.6 Å². The summed E-state index contributed by atoms with van der Waals surface area (Å²) in [5.74, 6) is -1.43. The van der Waals surface area contributed by atoms with Crippen molar-refractivity contribution in [3.63, 3.8) is 0 Å². The third kappa shape index (κ3) is 5.74. The van der Waals surface area contributed by atoms with E-state index in [-0.39, 0.29) is 31.3 Å². The molecule has 1 saturated heterocycles. The summed E-state index contributed by atoms with van der Waals surface area (Å²) in [7, 11) is 3.41. The summed E-state index contributed by atoms with van der Waals surface area (Å²) in [4.78, 5) is 29.2. The molecule has 7 nitrogen and oxygen atoms in total. The zero-order chi connectivity index (χ0) is 26.0. The number of aromatic nitrogens is 3. The summed E-state index contributed by atoms with van der Waals surface area (Å²) in [5, 5.41) is 3.42. The standard InChI is InChI=1S/C26H29F2IN6O/c1-16(2)23-32-13-17(14-33-23)12-31-22-19(7-9-30-24(22)35-10-8-26(27,28)15-35)20-11-18(5-6-21(20)29)25(36)34(3)4/h5-7,9,11,13-14,16,31H,8,10,12,15H2,1-4H3. The minimum atomic E-state index is -2.76. The first kappa shape index (κ1) is 26.2. The van der Waals surface area contributed by atoms with Gasteiger partial charge in [0.05, 0.1) is 12.2 Å². The third-order valence-corrected chi connectivity index (χ3v) is 6.96. The number of carbonyl (C=O) groups excluding carboxylic acids is 1. The number of amides is 1. The number of carbonyl (C=O) groups is 1. The molecule has 4 rings (SSSR count). The highest BCUT2D eigenvalue weighted by molar-refractivity contribution is 14.1. The summed E-state index contributed by atoms with van der Waals surface area (Å²) >= 11 is 2.23. The molecule has 10 heteroatoms. The zero-order valence-corrected chi connectivity index (χ0v) is 22.9. The molecule has 1 aliphatic rings. The van der Waals surface area contributed by atoms with Gasteiger partial charge in [0.25, 0.3) is 11.8 Å². The highest BCUT2D eigenvalue weighted by atomic mass is 127. The second-order valence-corrected chi connectivity index (χ2v) is 10.6. The Bertz CT molecular complexity index is 1250. The van der Waals surface area contributed by atoms with Gasteiger partial charge in [-0.2, -0.15) is 0 Å². The summed E-state index contributed by atoms with van der Waals surface area (Å²) < 4.78 is 29.2.